The van der Waals surface area contributed by atoms with Crippen LogP contribution in [0.5, 0.6) is 0 Å². The molecule has 0 aromatic heterocycles. The summed E-state index contributed by atoms with van der Waals surface area (Å²) in [4.78, 5) is 24.1. The Labute approximate surface area is 335 Å². The van der Waals surface area contributed by atoms with Crippen molar-refractivity contribution in [1.82, 2.24) is 10.6 Å². The molecular formula is C46H92N2O6. The maximum absolute atomic E-state index is 12.0. The highest BCUT2D eigenvalue weighted by atomic mass is 16.6. The van der Waals surface area contributed by atoms with Gasteiger partial charge in [0, 0.05) is 25.9 Å². The lowest BCUT2D eigenvalue weighted by Crippen LogP contribution is -2.27. The molecule has 0 rings (SSSR count). The Morgan fingerprint density at radius 2 is 0.500 bits per heavy atom. The number of rotatable bonds is 47. The third-order valence-corrected chi connectivity index (χ3v) is 10.3. The summed E-state index contributed by atoms with van der Waals surface area (Å²) >= 11 is 0. The standard InChI is InChI=1S/C46H92N2O6/c1-3-5-7-9-11-13-15-17-19-21-23-25-27-29-31-33-45(49)47-35-37-51-39-41-53-43-44-54-42-40-52-38-36-48-46(50)34-32-30-28-26-24-22-20-18-16-14-12-10-8-6-4-2/h3-44H2,1-2H3,(H,47,49)(H,48,50). The van der Waals surface area contributed by atoms with Crippen molar-refractivity contribution in [2.24, 2.45) is 0 Å². The van der Waals surface area contributed by atoms with E-state index in [1.54, 1.807) is 0 Å². The topological polar surface area (TPSA) is 95.1 Å². The summed E-state index contributed by atoms with van der Waals surface area (Å²) in [5, 5.41) is 5.90. The first-order valence-corrected chi connectivity index (χ1v) is 23.5. The molecule has 0 fully saturated rings. The molecule has 0 saturated heterocycles. The van der Waals surface area contributed by atoms with Gasteiger partial charge in [-0.15, -0.1) is 0 Å². The van der Waals surface area contributed by atoms with E-state index in [2.05, 4.69) is 24.5 Å². The molecule has 0 aromatic carbocycles. The van der Waals surface area contributed by atoms with Crippen LogP contribution in [0.25, 0.3) is 0 Å². The van der Waals surface area contributed by atoms with Gasteiger partial charge in [0.1, 0.15) is 0 Å². The Bertz CT molecular complexity index is 680. The average molecular weight is 769 g/mol. The highest BCUT2D eigenvalue weighted by Crippen LogP contribution is 2.15. The van der Waals surface area contributed by atoms with Crippen LogP contribution in [0.3, 0.4) is 0 Å². The molecule has 2 amide bonds. The second kappa shape index (κ2) is 47.9. The van der Waals surface area contributed by atoms with Gasteiger partial charge in [-0.25, -0.2) is 0 Å². The number of amides is 2. The molecule has 0 radical (unpaired) electrons. The van der Waals surface area contributed by atoms with Gasteiger partial charge in [0.2, 0.25) is 11.8 Å². The van der Waals surface area contributed by atoms with Crippen LogP contribution in [0.1, 0.15) is 219 Å². The van der Waals surface area contributed by atoms with Gasteiger partial charge in [-0.05, 0) is 12.8 Å². The predicted molar refractivity (Wildman–Crippen MR) is 228 cm³/mol. The Kier molecular flexibility index (Phi) is 46.8. The molecule has 0 spiro atoms. The zero-order chi connectivity index (χ0) is 39.1. The van der Waals surface area contributed by atoms with Crippen molar-refractivity contribution in [2.75, 3.05) is 65.9 Å². The first-order valence-electron chi connectivity index (χ1n) is 23.5. The molecule has 2 N–H and O–H groups in total. The van der Waals surface area contributed by atoms with Gasteiger partial charge in [-0.3, -0.25) is 9.59 Å². The first-order chi connectivity index (χ1) is 26.7. The fourth-order valence-corrected chi connectivity index (χ4v) is 6.78. The molecule has 0 saturated carbocycles. The third kappa shape index (κ3) is 46.9. The molecule has 0 aromatic rings. The number of ether oxygens (including phenoxy) is 4. The van der Waals surface area contributed by atoms with E-state index >= 15 is 0 Å². The lowest BCUT2D eigenvalue weighted by atomic mass is 10.0. The smallest absolute Gasteiger partial charge is 0.220 e. The average Bonchev–Trinajstić information content (AvgIpc) is 3.17. The maximum Gasteiger partial charge on any atom is 0.220 e. The molecule has 0 atom stereocenters. The number of hydrogen-bond donors (Lipinski definition) is 2. The van der Waals surface area contributed by atoms with Crippen molar-refractivity contribution in [3.63, 3.8) is 0 Å². The van der Waals surface area contributed by atoms with Crippen LogP contribution >= 0.6 is 0 Å². The van der Waals surface area contributed by atoms with Gasteiger partial charge in [0.05, 0.1) is 52.9 Å². The third-order valence-electron chi connectivity index (χ3n) is 10.3. The minimum Gasteiger partial charge on any atom is -0.377 e. The zero-order valence-corrected chi connectivity index (χ0v) is 36.1. The molecule has 8 nitrogen and oxygen atoms in total. The Balaban J connectivity index is 3.20. The van der Waals surface area contributed by atoms with E-state index in [0.29, 0.717) is 78.8 Å². The number of carbonyl (C=O) groups is 2. The monoisotopic (exact) mass is 769 g/mol. The van der Waals surface area contributed by atoms with Crippen molar-refractivity contribution in [3.8, 4) is 0 Å². The maximum atomic E-state index is 12.0. The van der Waals surface area contributed by atoms with E-state index in [-0.39, 0.29) is 11.8 Å². The normalized spacial score (nSPS) is 11.4. The molecule has 322 valence electrons. The lowest BCUT2D eigenvalue weighted by molar-refractivity contribution is -0.122. The Morgan fingerprint density at radius 1 is 0.296 bits per heavy atom. The second-order valence-electron chi connectivity index (χ2n) is 15.5. The van der Waals surface area contributed by atoms with Crippen molar-refractivity contribution in [3.05, 3.63) is 0 Å². The van der Waals surface area contributed by atoms with Crippen LogP contribution < -0.4 is 10.6 Å². The summed E-state index contributed by atoms with van der Waals surface area (Å²) in [5.41, 5.74) is 0. The predicted octanol–water partition coefficient (Wildman–Crippen LogP) is 11.8. The van der Waals surface area contributed by atoms with Crippen LogP contribution in [0.2, 0.25) is 0 Å². The second-order valence-corrected chi connectivity index (χ2v) is 15.5. The van der Waals surface area contributed by atoms with Gasteiger partial charge >= 0.3 is 0 Å². The number of unbranched alkanes of at least 4 members (excludes halogenated alkanes) is 28. The summed E-state index contributed by atoms with van der Waals surface area (Å²) in [5.74, 6) is 0.252. The molecule has 0 aliphatic carbocycles. The molecular weight excluding hydrogens is 677 g/mol. The molecule has 0 bridgehead atoms. The van der Waals surface area contributed by atoms with Gasteiger partial charge in [0.15, 0.2) is 0 Å². The lowest BCUT2D eigenvalue weighted by Gasteiger charge is -2.09. The fourth-order valence-electron chi connectivity index (χ4n) is 6.78. The van der Waals surface area contributed by atoms with Gasteiger partial charge in [0.25, 0.3) is 0 Å². The van der Waals surface area contributed by atoms with Crippen molar-refractivity contribution in [2.45, 2.75) is 219 Å². The molecule has 0 heterocycles. The van der Waals surface area contributed by atoms with Crippen molar-refractivity contribution < 1.29 is 28.5 Å². The fraction of sp³-hybridized carbons (Fsp3) is 0.957. The van der Waals surface area contributed by atoms with Crippen molar-refractivity contribution >= 4 is 11.8 Å². The minimum atomic E-state index is 0.126. The largest absolute Gasteiger partial charge is 0.377 e. The number of hydrogen-bond acceptors (Lipinski definition) is 6. The molecule has 0 aliphatic heterocycles. The highest BCUT2D eigenvalue weighted by molar-refractivity contribution is 5.76. The quantitative estimate of drug-likeness (QED) is 0.0599. The highest BCUT2D eigenvalue weighted by Gasteiger charge is 2.03. The van der Waals surface area contributed by atoms with E-state index in [1.807, 2.05) is 0 Å². The Hall–Kier alpha value is -1.22. The molecule has 0 unspecified atom stereocenters. The van der Waals surface area contributed by atoms with Gasteiger partial charge in [-0.2, -0.15) is 0 Å². The van der Waals surface area contributed by atoms with Gasteiger partial charge in [-0.1, -0.05) is 194 Å². The minimum absolute atomic E-state index is 0.126. The first kappa shape index (κ1) is 52.8. The molecule has 0 aliphatic rings. The van der Waals surface area contributed by atoms with Crippen LogP contribution in [0, 0.1) is 0 Å². The zero-order valence-electron chi connectivity index (χ0n) is 36.1. The van der Waals surface area contributed by atoms with E-state index in [1.165, 1.54) is 167 Å². The number of nitrogens with one attached hydrogen (secondary N) is 2. The van der Waals surface area contributed by atoms with E-state index in [0.717, 1.165) is 25.7 Å². The van der Waals surface area contributed by atoms with Crippen molar-refractivity contribution in [1.29, 1.82) is 0 Å². The number of carbonyl (C=O) groups excluding carboxylic acids is 2. The van der Waals surface area contributed by atoms with Crippen LogP contribution in [0.15, 0.2) is 0 Å². The molecule has 8 heteroatoms. The molecule has 54 heavy (non-hydrogen) atoms. The van der Waals surface area contributed by atoms with Crippen LogP contribution in [-0.2, 0) is 28.5 Å². The summed E-state index contributed by atoms with van der Waals surface area (Å²) in [6.45, 7) is 9.69. The van der Waals surface area contributed by atoms with E-state index in [4.69, 9.17) is 18.9 Å². The van der Waals surface area contributed by atoms with Gasteiger partial charge < -0.3 is 29.6 Å². The summed E-state index contributed by atoms with van der Waals surface area (Å²) in [6.07, 6.45) is 41.3. The summed E-state index contributed by atoms with van der Waals surface area (Å²) < 4.78 is 22.2. The Morgan fingerprint density at radius 3 is 0.741 bits per heavy atom. The summed E-state index contributed by atoms with van der Waals surface area (Å²) in [7, 11) is 0. The van der Waals surface area contributed by atoms with E-state index < -0.39 is 0 Å². The summed E-state index contributed by atoms with van der Waals surface area (Å²) in [6, 6.07) is 0. The van der Waals surface area contributed by atoms with Crippen LogP contribution in [0.4, 0.5) is 0 Å². The van der Waals surface area contributed by atoms with E-state index in [9.17, 15) is 9.59 Å². The SMILES string of the molecule is CCCCCCCCCCCCCCCCCC(=O)NCCOCCOCCOCCOCCNC(=O)CCCCCCCCCCCCCCCCC. The van der Waals surface area contributed by atoms with Crippen LogP contribution in [-0.4, -0.2) is 77.8 Å².